The van der Waals surface area contributed by atoms with Crippen LogP contribution < -0.4 is 0 Å². The van der Waals surface area contributed by atoms with Gasteiger partial charge < -0.3 is 88.6 Å². The monoisotopic (exact) mass is 818 g/mol. The van der Waals surface area contributed by atoms with Crippen LogP contribution in [-0.2, 0) is 52.2 Å². The standard InChI is InChI=1S/C34H42O21S/c1-56-34(46)49-7-11-3-15-21-13(28(44)50-15)9-48-31(19(11)21)55-33-26(43)27(23(40)17(6-37)52-33)53-29(45)12-8-47-30(18-10(4-35)2-14(38)20(12)18)54-32-25(42)24(41)22(39)16(5-36)51-32/h2-3,8-9,14-27,30-33,35-43H,4-7H2,1H3/t14-,15-,16+,17+,18+,19?,20-,21?,22+,23+,24-,25+,26+,27-,30-,31-,32-,33-/m0/s1. The van der Waals surface area contributed by atoms with Crippen LogP contribution in [0.25, 0.3) is 0 Å². The first-order chi connectivity index (χ1) is 26.8. The molecule has 7 rings (SSSR count). The van der Waals surface area contributed by atoms with Crippen molar-refractivity contribution in [3.63, 3.8) is 0 Å². The summed E-state index contributed by atoms with van der Waals surface area (Å²) < 4.78 is 50.6. The van der Waals surface area contributed by atoms with E-state index in [2.05, 4.69) is 0 Å². The lowest BCUT2D eigenvalue weighted by Gasteiger charge is -2.44. The van der Waals surface area contributed by atoms with Gasteiger partial charge >= 0.3 is 17.2 Å². The third kappa shape index (κ3) is 7.25. The number of esters is 2. The van der Waals surface area contributed by atoms with E-state index in [-0.39, 0.29) is 23.3 Å². The first-order valence-corrected chi connectivity index (χ1v) is 18.8. The lowest BCUT2D eigenvalue weighted by Crippen LogP contribution is -2.61. The Kier molecular flexibility index (Phi) is 12.1. The summed E-state index contributed by atoms with van der Waals surface area (Å²) in [6, 6.07) is 0. The van der Waals surface area contributed by atoms with Crippen LogP contribution >= 0.6 is 11.8 Å². The molecule has 0 amide bonds. The van der Waals surface area contributed by atoms with E-state index in [1.54, 1.807) is 6.08 Å². The van der Waals surface area contributed by atoms with Crippen LogP contribution in [0.4, 0.5) is 4.79 Å². The minimum atomic E-state index is -1.95. The summed E-state index contributed by atoms with van der Waals surface area (Å²) in [5, 5.41) is 93.6. The third-order valence-electron chi connectivity index (χ3n) is 10.9. The van der Waals surface area contributed by atoms with Crippen molar-refractivity contribution in [2.45, 2.75) is 86.2 Å². The Hall–Kier alpha value is -3.20. The predicted octanol–water partition coefficient (Wildman–Crippen LogP) is -4.23. The fraction of sp³-hybridized carbons (Fsp3) is 0.676. The predicted molar refractivity (Wildman–Crippen MR) is 177 cm³/mol. The van der Waals surface area contributed by atoms with Gasteiger partial charge in [0.25, 0.3) is 0 Å². The number of hydrogen-bond acceptors (Lipinski definition) is 22. The minimum absolute atomic E-state index is 0.139. The lowest BCUT2D eigenvalue weighted by atomic mass is 9.82. The summed E-state index contributed by atoms with van der Waals surface area (Å²) in [6.07, 6.45) is -15.7. The average molecular weight is 819 g/mol. The minimum Gasteiger partial charge on any atom is -0.471 e. The van der Waals surface area contributed by atoms with Gasteiger partial charge in [-0.1, -0.05) is 6.08 Å². The number of aliphatic hydroxyl groups excluding tert-OH is 9. The number of carbonyl (C=O) groups excluding carboxylic acids is 3. The highest BCUT2D eigenvalue weighted by atomic mass is 32.2. The van der Waals surface area contributed by atoms with Crippen LogP contribution in [0, 0.1) is 23.7 Å². The lowest BCUT2D eigenvalue weighted by molar-refractivity contribution is -0.341. The molecule has 7 aliphatic rings. The number of ether oxygens (including phenoxy) is 9. The molecule has 0 radical (unpaired) electrons. The summed E-state index contributed by atoms with van der Waals surface area (Å²) in [5.74, 6) is -5.60. The van der Waals surface area contributed by atoms with Crippen LogP contribution in [0.5, 0.6) is 0 Å². The van der Waals surface area contributed by atoms with E-state index in [1.165, 1.54) is 12.3 Å². The number of carbonyl (C=O) groups is 3. The molecule has 9 N–H and O–H groups in total. The van der Waals surface area contributed by atoms with Crippen molar-refractivity contribution in [3.05, 3.63) is 47.0 Å². The van der Waals surface area contributed by atoms with Crippen molar-refractivity contribution in [1.29, 1.82) is 0 Å². The molecule has 5 aliphatic heterocycles. The van der Waals surface area contributed by atoms with E-state index in [4.69, 9.17) is 42.6 Å². The number of hydrogen-bond donors (Lipinski definition) is 9. The molecule has 22 heteroatoms. The normalized spacial score (nSPS) is 43.9. The van der Waals surface area contributed by atoms with E-state index in [1.807, 2.05) is 0 Å². The van der Waals surface area contributed by atoms with Crippen LogP contribution in [-0.4, -0.2) is 182 Å². The van der Waals surface area contributed by atoms with Crippen molar-refractivity contribution in [2.75, 3.05) is 32.7 Å². The largest absolute Gasteiger partial charge is 0.471 e. The molecule has 0 aromatic rings. The number of thioether (sulfide) groups is 1. The summed E-state index contributed by atoms with van der Waals surface area (Å²) in [6.45, 7) is -2.43. The maximum atomic E-state index is 13.8. The average Bonchev–Trinajstić information content (AvgIpc) is 3.84. The molecule has 0 saturated carbocycles. The van der Waals surface area contributed by atoms with E-state index in [9.17, 15) is 60.3 Å². The summed E-state index contributed by atoms with van der Waals surface area (Å²) in [5.41, 5.74) is 0.486. The van der Waals surface area contributed by atoms with Crippen LogP contribution in [0.15, 0.2) is 47.0 Å². The molecule has 18 atom stereocenters. The third-order valence-corrected chi connectivity index (χ3v) is 11.4. The maximum Gasteiger partial charge on any atom is 0.367 e. The highest BCUT2D eigenvalue weighted by Gasteiger charge is 2.58. The van der Waals surface area contributed by atoms with Crippen LogP contribution in [0.2, 0.25) is 0 Å². The van der Waals surface area contributed by atoms with E-state index in [0.29, 0.717) is 5.57 Å². The topological polar surface area (TPSA) is 316 Å². The van der Waals surface area contributed by atoms with Gasteiger partial charge in [0.15, 0.2) is 18.7 Å². The summed E-state index contributed by atoms with van der Waals surface area (Å²) >= 11 is 0.842. The first kappa shape index (κ1) is 41.0. The van der Waals surface area contributed by atoms with Crippen LogP contribution in [0.1, 0.15) is 0 Å². The highest BCUT2D eigenvalue weighted by molar-refractivity contribution is 8.12. The van der Waals surface area contributed by atoms with Gasteiger partial charge in [-0.05, 0) is 35.2 Å². The Morgan fingerprint density at radius 3 is 2.00 bits per heavy atom. The zero-order valence-corrected chi connectivity index (χ0v) is 30.2. The molecule has 5 heterocycles. The van der Waals surface area contributed by atoms with Gasteiger partial charge in [0.1, 0.15) is 55.4 Å². The Labute approximate surface area is 321 Å². The number of rotatable bonds is 11. The molecule has 0 aromatic carbocycles. The van der Waals surface area contributed by atoms with Crippen molar-refractivity contribution >= 4 is 29.0 Å². The van der Waals surface area contributed by atoms with E-state index >= 15 is 0 Å². The smallest absolute Gasteiger partial charge is 0.367 e. The fourth-order valence-corrected chi connectivity index (χ4v) is 8.30. The second kappa shape index (κ2) is 16.6. The SMILES string of the molecule is CSC(=O)OCC1=C[C@@H]2OC(=O)C3=CO[C@@H](O[C@@H]4O[C@H](CO)[C@@H](O)[C@H](OC(=O)C5=CO[C@@H](O[C@@H]6O[C@H](CO)[C@@H](O)[C@H](O)[C@H]6O)[C@@H]6C(CO)=C[C@H](O)[C@H]56)[C@H]4O)C1C32. The Morgan fingerprint density at radius 1 is 0.732 bits per heavy atom. The summed E-state index contributed by atoms with van der Waals surface area (Å²) in [4.78, 5) is 38.2. The van der Waals surface area contributed by atoms with Gasteiger partial charge in [-0.15, -0.1) is 0 Å². The van der Waals surface area contributed by atoms with Gasteiger partial charge in [-0.2, -0.15) is 0 Å². The molecule has 0 bridgehead atoms. The molecule has 2 aliphatic carbocycles. The van der Waals surface area contributed by atoms with Crippen molar-refractivity contribution < 1.29 is 103 Å². The van der Waals surface area contributed by atoms with Crippen molar-refractivity contribution in [3.8, 4) is 0 Å². The molecule has 2 unspecified atom stereocenters. The molecular formula is C34H42O21S. The van der Waals surface area contributed by atoms with Gasteiger partial charge in [-0.25, -0.2) is 14.4 Å². The van der Waals surface area contributed by atoms with Gasteiger partial charge in [0.2, 0.25) is 12.6 Å². The zero-order chi connectivity index (χ0) is 40.2. The Balaban J connectivity index is 1.08. The molecule has 310 valence electrons. The van der Waals surface area contributed by atoms with Gasteiger partial charge in [0.05, 0.1) is 61.4 Å². The molecule has 0 aromatic heterocycles. The van der Waals surface area contributed by atoms with E-state index in [0.717, 1.165) is 24.3 Å². The van der Waals surface area contributed by atoms with Gasteiger partial charge in [-0.3, -0.25) is 0 Å². The van der Waals surface area contributed by atoms with E-state index < -0.39 is 147 Å². The quantitative estimate of drug-likeness (QED) is 0.0542. The molecule has 56 heavy (non-hydrogen) atoms. The molecule has 3 saturated heterocycles. The Morgan fingerprint density at radius 2 is 1.36 bits per heavy atom. The summed E-state index contributed by atoms with van der Waals surface area (Å²) in [7, 11) is 0. The maximum absolute atomic E-state index is 13.8. The molecular weight excluding hydrogens is 776 g/mol. The molecule has 0 spiro atoms. The number of aliphatic hydroxyl groups is 9. The van der Waals surface area contributed by atoms with Gasteiger partial charge in [0, 0.05) is 11.8 Å². The van der Waals surface area contributed by atoms with Crippen molar-refractivity contribution in [1.82, 2.24) is 0 Å². The fourth-order valence-electron chi connectivity index (χ4n) is 8.13. The highest BCUT2D eigenvalue weighted by Crippen LogP contribution is 2.50. The molecule has 21 nitrogen and oxygen atoms in total. The van der Waals surface area contributed by atoms with Crippen LogP contribution in [0.3, 0.4) is 0 Å². The molecule has 3 fully saturated rings. The zero-order valence-electron chi connectivity index (χ0n) is 29.4. The first-order valence-electron chi connectivity index (χ1n) is 17.6. The number of fused-ring (bicyclic) bond motifs is 1. The second-order valence-electron chi connectivity index (χ2n) is 14.0. The van der Waals surface area contributed by atoms with Crippen molar-refractivity contribution in [2.24, 2.45) is 23.7 Å². The second-order valence-corrected chi connectivity index (χ2v) is 14.8. The Bertz CT molecular complexity index is 1650.